The van der Waals surface area contributed by atoms with Gasteiger partial charge in [0.25, 0.3) is 11.7 Å². The van der Waals surface area contributed by atoms with Gasteiger partial charge >= 0.3 is 0 Å². The number of carbonyl (C=O) groups is 2. The van der Waals surface area contributed by atoms with Gasteiger partial charge in [0.15, 0.2) is 0 Å². The van der Waals surface area contributed by atoms with Crippen LogP contribution in [0.3, 0.4) is 0 Å². The Morgan fingerprint density at radius 1 is 1.08 bits per heavy atom. The fourth-order valence-electron chi connectivity index (χ4n) is 3.18. The smallest absolute Gasteiger partial charge is 0.295 e. The van der Waals surface area contributed by atoms with E-state index < -0.39 is 17.7 Å². The average molecular weight is 414 g/mol. The fraction of sp³-hybridized carbons (Fsp3) is 0.238. The summed E-state index contributed by atoms with van der Waals surface area (Å²) in [7, 11) is 0. The monoisotopic (exact) mass is 413 g/mol. The van der Waals surface area contributed by atoms with Crippen molar-refractivity contribution in [3.05, 3.63) is 75.8 Å². The van der Waals surface area contributed by atoms with Crippen molar-refractivity contribution in [2.75, 3.05) is 6.54 Å². The van der Waals surface area contributed by atoms with Gasteiger partial charge < -0.3 is 10.0 Å². The summed E-state index contributed by atoms with van der Waals surface area (Å²) in [6.07, 6.45) is 1.71. The number of Topliss-reactive ketones (excluding diaryl/α,β-unsaturated/α-hetero) is 1. The van der Waals surface area contributed by atoms with E-state index in [1.54, 1.807) is 29.2 Å². The highest BCUT2D eigenvalue weighted by Crippen LogP contribution is 2.39. The van der Waals surface area contributed by atoms with Crippen molar-refractivity contribution in [1.29, 1.82) is 0 Å². The van der Waals surface area contributed by atoms with Crippen molar-refractivity contribution >= 4 is 33.4 Å². The molecule has 1 amide bonds. The van der Waals surface area contributed by atoms with Gasteiger partial charge in [0.05, 0.1) is 11.6 Å². The molecule has 5 heteroatoms. The molecule has 0 radical (unpaired) electrons. The van der Waals surface area contributed by atoms with Crippen LogP contribution in [0, 0.1) is 0 Å². The van der Waals surface area contributed by atoms with Crippen LogP contribution in [0.2, 0.25) is 0 Å². The number of hydrogen-bond donors (Lipinski definition) is 1. The van der Waals surface area contributed by atoms with E-state index in [1.807, 2.05) is 37.3 Å². The Hall–Kier alpha value is -2.40. The van der Waals surface area contributed by atoms with Crippen LogP contribution >= 0.6 is 15.9 Å². The standard InChI is InChI=1S/C21H20BrNO3/c1-2-3-13-23-18(14-9-11-16(22)12-10-14)17(20(25)21(23)26)19(24)15-7-5-4-6-8-15/h4-12,18,24H,2-3,13H2,1H3/b19-17-. The quantitative estimate of drug-likeness (QED) is 0.440. The summed E-state index contributed by atoms with van der Waals surface area (Å²) in [5.41, 5.74) is 1.49. The highest BCUT2D eigenvalue weighted by Gasteiger charge is 2.45. The van der Waals surface area contributed by atoms with Crippen molar-refractivity contribution < 1.29 is 14.7 Å². The van der Waals surface area contributed by atoms with E-state index in [0.29, 0.717) is 12.1 Å². The third kappa shape index (κ3) is 3.44. The van der Waals surface area contributed by atoms with Crippen molar-refractivity contribution in [2.45, 2.75) is 25.8 Å². The molecule has 1 saturated heterocycles. The predicted molar refractivity (Wildman–Crippen MR) is 105 cm³/mol. The Kier molecular flexibility index (Phi) is 5.57. The molecule has 1 aliphatic heterocycles. The largest absolute Gasteiger partial charge is 0.507 e. The minimum atomic E-state index is -0.629. The van der Waals surface area contributed by atoms with E-state index in [-0.39, 0.29) is 11.3 Å². The van der Waals surface area contributed by atoms with Crippen LogP contribution in [0.1, 0.15) is 36.9 Å². The molecule has 1 fully saturated rings. The molecule has 0 aromatic heterocycles. The molecule has 1 heterocycles. The molecule has 1 aliphatic rings. The summed E-state index contributed by atoms with van der Waals surface area (Å²) in [6.45, 7) is 2.52. The number of ketones is 1. The third-order valence-electron chi connectivity index (χ3n) is 4.53. The van der Waals surface area contributed by atoms with Crippen LogP contribution in [-0.2, 0) is 9.59 Å². The predicted octanol–water partition coefficient (Wildman–Crippen LogP) is 4.67. The molecule has 134 valence electrons. The maximum absolute atomic E-state index is 12.7. The zero-order valence-corrected chi connectivity index (χ0v) is 16.1. The average Bonchev–Trinajstić information content (AvgIpc) is 2.91. The normalized spacial score (nSPS) is 19.2. The fourth-order valence-corrected chi connectivity index (χ4v) is 3.45. The molecule has 1 N–H and O–H groups in total. The zero-order chi connectivity index (χ0) is 18.7. The number of amides is 1. The maximum atomic E-state index is 12.7. The van der Waals surface area contributed by atoms with Gasteiger partial charge in [-0.15, -0.1) is 0 Å². The molecule has 2 aromatic carbocycles. The van der Waals surface area contributed by atoms with Gasteiger partial charge in [-0.25, -0.2) is 0 Å². The lowest BCUT2D eigenvalue weighted by molar-refractivity contribution is -0.139. The van der Waals surface area contributed by atoms with Gasteiger partial charge in [-0.3, -0.25) is 9.59 Å². The summed E-state index contributed by atoms with van der Waals surface area (Å²) in [6, 6.07) is 15.8. The summed E-state index contributed by atoms with van der Waals surface area (Å²) < 4.78 is 0.912. The minimum Gasteiger partial charge on any atom is -0.507 e. The van der Waals surface area contributed by atoms with E-state index in [2.05, 4.69) is 15.9 Å². The summed E-state index contributed by atoms with van der Waals surface area (Å²) in [5.74, 6) is -1.31. The van der Waals surface area contributed by atoms with E-state index in [4.69, 9.17) is 0 Å². The van der Waals surface area contributed by atoms with Crippen molar-refractivity contribution in [3.63, 3.8) is 0 Å². The highest BCUT2D eigenvalue weighted by atomic mass is 79.9. The molecule has 0 aliphatic carbocycles. The molecule has 3 rings (SSSR count). The Morgan fingerprint density at radius 2 is 1.73 bits per heavy atom. The number of benzene rings is 2. The molecule has 4 nitrogen and oxygen atoms in total. The topological polar surface area (TPSA) is 57.6 Å². The summed E-state index contributed by atoms with van der Waals surface area (Å²) >= 11 is 3.41. The molecule has 26 heavy (non-hydrogen) atoms. The van der Waals surface area contributed by atoms with E-state index in [1.165, 1.54) is 0 Å². The second-order valence-corrected chi connectivity index (χ2v) is 7.18. The number of aliphatic hydroxyl groups is 1. The molecule has 2 aromatic rings. The molecular weight excluding hydrogens is 394 g/mol. The summed E-state index contributed by atoms with van der Waals surface area (Å²) in [5, 5.41) is 10.8. The Balaban J connectivity index is 2.15. The van der Waals surface area contributed by atoms with Crippen LogP contribution in [0.5, 0.6) is 0 Å². The second kappa shape index (κ2) is 7.87. The van der Waals surface area contributed by atoms with Crippen molar-refractivity contribution in [1.82, 2.24) is 4.90 Å². The van der Waals surface area contributed by atoms with Gasteiger partial charge in [-0.2, -0.15) is 0 Å². The Bertz CT molecular complexity index is 843. The van der Waals surface area contributed by atoms with Gasteiger partial charge in [-0.05, 0) is 24.1 Å². The molecule has 0 bridgehead atoms. The molecule has 0 saturated carbocycles. The number of aliphatic hydroxyl groups excluding tert-OH is 1. The first kappa shape index (κ1) is 18.4. The number of likely N-dealkylation sites (tertiary alicyclic amines) is 1. The highest BCUT2D eigenvalue weighted by molar-refractivity contribution is 9.10. The molecule has 1 unspecified atom stereocenters. The van der Waals surface area contributed by atoms with Crippen molar-refractivity contribution in [2.24, 2.45) is 0 Å². The van der Waals surface area contributed by atoms with Crippen LogP contribution in [0.25, 0.3) is 5.76 Å². The lowest BCUT2D eigenvalue weighted by atomic mass is 9.95. The first-order valence-electron chi connectivity index (χ1n) is 8.64. The lowest BCUT2D eigenvalue weighted by Gasteiger charge is -2.25. The molecular formula is C21H20BrNO3. The molecule has 1 atom stereocenters. The first-order valence-corrected chi connectivity index (χ1v) is 9.43. The second-order valence-electron chi connectivity index (χ2n) is 6.26. The van der Waals surface area contributed by atoms with Crippen molar-refractivity contribution in [3.8, 4) is 0 Å². The van der Waals surface area contributed by atoms with Gasteiger partial charge in [0.1, 0.15) is 5.76 Å². The maximum Gasteiger partial charge on any atom is 0.295 e. The van der Waals surface area contributed by atoms with Gasteiger partial charge in [0.2, 0.25) is 0 Å². The first-order chi connectivity index (χ1) is 12.5. The number of nitrogens with zero attached hydrogens (tertiary/aromatic N) is 1. The number of rotatable bonds is 5. The lowest BCUT2D eigenvalue weighted by Crippen LogP contribution is -2.30. The number of halogens is 1. The van der Waals surface area contributed by atoms with E-state index in [0.717, 1.165) is 22.9 Å². The third-order valence-corrected chi connectivity index (χ3v) is 5.05. The van der Waals surface area contributed by atoms with Gasteiger partial charge in [-0.1, -0.05) is 71.7 Å². The van der Waals surface area contributed by atoms with E-state index >= 15 is 0 Å². The minimum absolute atomic E-state index is 0.129. The Labute approximate surface area is 161 Å². The zero-order valence-electron chi connectivity index (χ0n) is 14.5. The van der Waals surface area contributed by atoms with Crippen LogP contribution < -0.4 is 0 Å². The van der Waals surface area contributed by atoms with Gasteiger partial charge in [0, 0.05) is 16.6 Å². The number of hydrogen-bond acceptors (Lipinski definition) is 3. The summed E-state index contributed by atoms with van der Waals surface area (Å²) in [4.78, 5) is 26.9. The van der Waals surface area contributed by atoms with Crippen LogP contribution in [0.15, 0.2) is 64.6 Å². The van der Waals surface area contributed by atoms with Crippen LogP contribution in [-0.4, -0.2) is 28.2 Å². The number of unbranched alkanes of at least 4 members (excludes halogenated alkanes) is 1. The van der Waals surface area contributed by atoms with Crippen LogP contribution in [0.4, 0.5) is 0 Å². The number of carbonyl (C=O) groups excluding carboxylic acids is 2. The van der Waals surface area contributed by atoms with E-state index in [9.17, 15) is 14.7 Å². The molecule has 0 spiro atoms. The SMILES string of the molecule is CCCCN1C(=O)C(=O)/C(=C(\O)c2ccccc2)C1c1ccc(Br)cc1. The Morgan fingerprint density at radius 3 is 2.35 bits per heavy atom.